The second kappa shape index (κ2) is 6.48. The van der Waals surface area contributed by atoms with Gasteiger partial charge in [-0.05, 0) is 49.9 Å². The molecule has 0 radical (unpaired) electrons. The predicted octanol–water partition coefficient (Wildman–Crippen LogP) is 2.19. The molecular weight excluding hydrogens is 264 g/mol. The first kappa shape index (κ1) is 14.4. The summed E-state index contributed by atoms with van der Waals surface area (Å²) in [6.07, 6.45) is 4.44. The lowest BCUT2D eigenvalue weighted by atomic mass is 9.97. The molecule has 0 bridgehead atoms. The van der Waals surface area contributed by atoms with Crippen molar-refractivity contribution in [3.05, 3.63) is 29.8 Å². The monoisotopic (exact) mass is 288 g/mol. The van der Waals surface area contributed by atoms with E-state index in [1.165, 1.54) is 5.56 Å². The molecule has 1 saturated carbocycles. The molecule has 1 aliphatic carbocycles. The molecule has 0 aromatic heterocycles. The number of nitrogens with one attached hydrogen (secondary N) is 1. The van der Waals surface area contributed by atoms with Crippen LogP contribution in [0.1, 0.15) is 31.2 Å². The number of carbonyl (C=O) groups is 1. The number of piperidine rings is 1. The first-order valence-electron chi connectivity index (χ1n) is 7.92. The highest BCUT2D eigenvalue weighted by molar-refractivity contribution is 5.79. The summed E-state index contributed by atoms with van der Waals surface area (Å²) in [5.41, 5.74) is 1.18. The van der Waals surface area contributed by atoms with E-state index in [0.29, 0.717) is 11.9 Å². The fourth-order valence-corrected chi connectivity index (χ4v) is 3.00. The van der Waals surface area contributed by atoms with Gasteiger partial charge in [-0.1, -0.05) is 12.1 Å². The van der Waals surface area contributed by atoms with Crippen LogP contribution in [-0.4, -0.2) is 37.0 Å². The number of hydrogen-bond donors (Lipinski definition) is 1. The first-order chi connectivity index (χ1) is 10.3. The molecule has 21 heavy (non-hydrogen) atoms. The quantitative estimate of drug-likeness (QED) is 0.903. The number of ether oxygens (including phenoxy) is 1. The van der Waals surface area contributed by atoms with Gasteiger partial charge in [0, 0.05) is 19.1 Å². The molecule has 1 atom stereocenters. The lowest BCUT2D eigenvalue weighted by Gasteiger charge is -2.30. The van der Waals surface area contributed by atoms with Crippen molar-refractivity contribution in [2.75, 3.05) is 20.2 Å². The largest absolute Gasteiger partial charge is 0.497 e. The number of carbonyl (C=O) groups excluding carboxylic acids is 1. The van der Waals surface area contributed by atoms with Crippen LogP contribution in [0.4, 0.5) is 0 Å². The van der Waals surface area contributed by atoms with Crippen LogP contribution in [-0.2, 0) is 11.3 Å². The Kier molecular flexibility index (Phi) is 4.44. The molecular formula is C17H24N2O2. The Hall–Kier alpha value is -1.55. The summed E-state index contributed by atoms with van der Waals surface area (Å²) in [5.74, 6) is 1.36. The Labute approximate surface area is 126 Å². The third kappa shape index (κ3) is 3.56. The minimum atomic E-state index is 0.164. The van der Waals surface area contributed by atoms with Crippen LogP contribution in [0, 0.1) is 5.92 Å². The molecule has 2 fully saturated rings. The van der Waals surface area contributed by atoms with E-state index < -0.39 is 0 Å². The van der Waals surface area contributed by atoms with E-state index in [9.17, 15) is 4.79 Å². The van der Waals surface area contributed by atoms with Crippen LogP contribution < -0.4 is 10.1 Å². The summed E-state index contributed by atoms with van der Waals surface area (Å²) < 4.78 is 5.19. The summed E-state index contributed by atoms with van der Waals surface area (Å²) in [4.78, 5) is 14.9. The lowest BCUT2D eigenvalue weighted by molar-refractivity contribution is -0.137. The van der Waals surface area contributed by atoms with Crippen molar-refractivity contribution in [3.63, 3.8) is 0 Å². The highest BCUT2D eigenvalue weighted by Crippen LogP contribution is 2.31. The zero-order valence-corrected chi connectivity index (χ0v) is 12.7. The maximum absolute atomic E-state index is 12.8. The normalized spacial score (nSPS) is 21.9. The fraction of sp³-hybridized carbons (Fsp3) is 0.588. The van der Waals surface area contributed by atoms with Gasteiger partial charge >= 0.3 is 0 Å². The minimum absolute atomic E-state index is 0.164. The van der Waals surface area contributed by atoms with Gasteiger partial charge in [-0.3, -0.25) is 4.79 Å². The van der Waals surface area contributed by atoms with Gasteiger partial charge in [0.25, 0.3) is 0 Å². The number of rotatable bonds is 5. The highest BCUT2D eigenvalue weighted by Gasteiger charge is 2.36. The summed E-state index contributed by atoms with van der Waals surface area (Å²) >= 11 is 0. The molecule has 3 rings (SSSR count). The molecule has 1 N–H and O–H groups in total. The van der Waals surface area contributed by atoms with Crippen molar-refractivity contribution >= 4 is 5.91 Å². The minimum Gasteiger partial charge on any atom is -0.497 e. The van der Waals surface area contributed by atoms with E-state index in [4.69, 9.17) is 4.74 Å². The Morgan fingerprint density at radius 2 is 2.05 bits per heavy atom. The van der Waals surface area contributed by atoms with Crippen LogP contribution in [0.25, 0.3) is 0 Å². The maximum atomic E-state index is 12.8. The zero-order chi connectivity index (χ0) is 14.7. The molecule has 114 valence electrons. The van der Waals surface area contributed by atoms with Gasteiger partial charge in [0.05, 0.1) is 13.0 Å². The third-order valence-corrected chi connectivity index (χ3v) is 4.43. The van der Waals surface area contributed by atoms with E-state index in [2.05, 4.69) is 22.3 Å². The van der Waals surface area contributed by atoms with Gasteiger partial charge < -0.3 is 15.0 Å². The van der Waals surface area contributed by atoms with Crippen molar-refractivity contribution in [3.8, 4) is 5.75 Å². The molecule has 1 saturated heterocycles. The smallest absolute Gasteiger partial charge is 0.227 e. The number of benzene rings is 1. The second-order valence-electron chi connectivity index (χ2n) is 6.09. The molecule has 1 heterocycles. The van der Waals surface area contributed by atoms with Crippen LogP contribution in [0.3, 0.4) is 0 Å². The third-order valence-electron chi connectivity index (χ3n) is 4.43. The summed E-state index contributed by atoms with van der Waals surface area (Å²) in [7, 11) is 1.67. The SMILES string of the molecule is COc1ccc(CN(C(=O)C2CCCNC2)C2CC2)cc1. The molecule has 1 unspecified atom stereocenters. The first-order valence-corrected chi connectivity index (χ1v) is 7.92. The van der Waals surface area contributed by atoms with Crippen molar-refractivity contribution in [1.29, 1.82) is 0 Å². The van der Waals surface area contributed by atoms with E-state index in [1.54, 1.807) is 7.11 Å². The van der Waals surface area contributed by atoms with Crippen molar-refractivity contribution in [1.82, 2.24) is 10.2 Å². The van der Waals surface area contributed by atoms with Gasteiger partial charge in [0.2, 0.25) is 5.91 Å². The number of nitrogens with zero attached hydrogens (tertiary/aromatic N) is 1. The molecule has 4 heteroatoms. The van der Waals surface area contributed by atoms with Gasteiger partial charge in [-0.25, -0.2) is 0 Å². The molecule has 0 spiro atoms. The Morgan fingerprint density at radius 1 is 1.29 bits per heavy atom. The van der Waals surface area contributed by atoms with Gasteiger partial charge in [-0.2, -0.15) is 0 Å². The van der Waals surface area contributed by atoms with Crippen molar-refractivity contribution in [2.24, 2.45) is 5.92 Å². The second-order valence-corrected chi connectivity index (χ2v) is 6.09. The van der Waals surface area contributed by atoms with Crippen LogP contribution >= 0.6 is 0 Å². The lowest BCUT2D eigenvalue weighted by Crippen LogP contribution is -2.43. The highest BCUT2D eigenvalue weighted by atomic mass is 16.5. The average molecular weight is 288 g/mol. The molecule has 4 nitrogen and oxygen atoms in total. The number of methoxy groups -OCH3 is 1. The van der Waals surface area contributed by atoms with E-state index in [-0.39, 0.29) is 5.92 Å². The van der Waals surface area contributed by atoms with Crippen molar-refractivity contribution in [2.45, 2.75) is 38.3 Å². The van der Waals surface area contributed by atoms with Gasteiger partial charge in [0.1, 0.15) is 5.75 Å². The maximum Gasteiger partial charge on any atom is 0.227 e. The Morgan fingerprint density at radius 3 is 2.62 bits per heavy atom. The van der Waals surface area contributed by atoms with Gasteiger partial charge in [-0.15, -0.1) is 0 Å². The van der Waals surface area contributed by atoms with Gasteiger partial charge in [0.15, 0.2) is 0 Å². The van der Waals surface area contributed by atoms with Crippen molar-refractivity contribution < 1.29 is 9.53 Å². The van der Waals surface area contributed by atoms with E-state index in [0.717, 1.165) is 51.1 Å². The number of hydrogen-bond acceptors (Lipinski definition) is 3. The van der Waals surface area contributed by atoms with E-state index >= 15 is 0 Å². The van der Waals surface area contributed by atoms with Crippen LogP contribution in [0.2, 0.25) is 0 Å². The Bertz CT molecular complexity index is 476. The molecule has 1 aromatic carbocycles. The topological polar surface area (TPSA) is 41.6 Å². The standard InChI is InChI=1S/C17H24N2O2/c1-21-16-8-4-13(5-9-16)12-19(15-6-7-15)17(20)14-3-2-10-18-11-14/h4-5,8-9,14-15,18H,2-3,6-7,10-12H2,1H3. The molecule has 1 amide bonds. The van der Waals surface area contributed by atoms with Crippen LogP contribution in [0.5, 0.6) is 5.75 Å². The molecule has 1 aliphatic heterocycles. The number of amides is 1. The Balaban J connectivity index is 1.67. The summed E-state index contributed by atoms with van der Waals surface area (Å²) in [6, 6.07) is 8.50. The fourth-order valence-electron chi connectivity index (χ4n) is 3.00. The van der Waals surface area contributed by atoms with E-state index in [1.807, 2.05) is 12.1 Å². The predicted molar refractivity (Wildman–Crippen MR) is 82.2 cm³/mol. The molecule has 2 aliphatic rings. The average Bonchev–Trinajstić information content (AvgIpc) is 3.38. The summed E-state index contributed by atoms with van der Waals surface area (Å²) in [6.45, 7) is 2.61. The summed E-state index contributed by atoms with van der Waals surface area (Å²) in [5, 5.41) is 3.34. The van der Waals surface area contributed by atoms with Crippen LogP contribution in [0.15, 0.2) is 24.3 Å². The molecule has 1 aromatic rings. The zero-order valence-electron chi connectivity index (χ0n) is 12.7.